The van der Waals surface area contributed by atoms with E-state index in [1.54, 1.807) is 6.07 Å². The Morgan fingerprint density at radius 3 is 3.00 bits per heavy atom. The maximum Gasteiger partial charge on any atom is 0.306 e. The summed E-state index contributed by atoms with van der Waals surface area (Å²) in [6.07, 6.45) is 2.48. The van der Waals surface area contributed by atoms with Gasteiger partial charge in [0.15, 0.2) is 0 Å². The average Bonchev–Trinajstić information content (AvgIpc) is 3.07. The Labute approximate surface area is 125 Å². The topological polar surface area (TPSA) is 84.4 Å². The highest BCUT2D eigenvalue weighted by molar-refractivity contribution is 5.58. The van der Waals surface area contributed by atoms with E-state index in [0.29, 0.717) is 6.54 Å². The van der Waals surface area contributed by atoms with Gasteiger partial charge in [-0.05, 0) is 24.1 Å². The van der Waals surface area contributed by atoms with Crippen LogP contribution in [0.1, 0.15) is 5.56 Å². The van der Waals surface area contributed by atoms with Crippen LogP contribution < -0.4 is 4.90 Å². The largest absolute Gasteiger partial charge is 0.389 e. The summed E-state index contributed by atoms with van der Waals surface area (Å²) in [4.78, 5) is 12.0. The molecule has 0 amide bonds. The lowest BCUT2D eigenvalue weighted by Crippen LogP contribution is -2.33. The first-order chi connectivity index (χ1) is 10.5. The molecule has 1 unspecified atom stereocenters. The normalized spacial score (nSPS) is 14.9. The molecule has 2 aromatic rings. The Kier molecular flexibility index (Phi) is 3.76. The lowest BCUT2D eigenvalue weighted by atomic mass is 10.1. The smallest absolute Gasteiger partial charge is 0.306 e. The van der Waals surface area contributed by atoms with Crippen LogP contribution in [-0.4, -0.2) is 39.0 Å². The third kappa shape index (κ3) is 2.91. The number of hydrogen-bond acceptors (Lipinski definition) is 5. The summed E-state index contributed by atoms with van der Waals surface area (Å²) in [5, 5.41) is 24.6. The molecule has 0 spiro atoms. The molecule has 22 heavy (non-hydrogen) atoms. The molecule has 0 saturated heterocycles. The number of β-amino-alcohol motifs (C(OH)–C–C–N with tert-alkyl or cyclic N) is 1. The van der Waals surface area contributed by atoms with Crippen molar-refractivity contribution in [2.24, 2.45) is 0 Å². The van der Waals surface area contributed by atoms with Crippen molar-refractivity contribution in [3.05, 3.63) is 52.1 Å². The second kappa shape index (κ2) is 5.72. The van der Waals surface area contributed by atoms with Gasteiger partial charge in [0.2, 0.25) is 0 Å². The molecule has 2 heterocycles. The first kappa shape index (κ1) is 14.5. The molecular weight excluding hydrogens is 291 g/mol. The minimum atomic E-state index is -0.756. The fourth-order valence-electron chi connectivity index (χ4n) is 2.68. The molecule has 0 aliphatic carbocycles. The number of aliphatic hydroxyl groups excluding tert-OH is 1. The summed E-state index contributed by atoms with van der Waals surface area (Å²) >= 11 is 0. The molecule has 7 nitrogen and oxygen atoms in total. The zero-order valence-electron chi connectivity index (χ0n) is 11.7. The Hall–Kier alpha value is -2.48. The predicted octanol–water partition coefficient (Wildman–Crippen LogP) is 1.35. The van der Waals surface area contributed by atoms with Gasteiger partial charge < -0.3 is 10.0 Å². The van der Waals surface area contributed by atoms with E-state index in [9.17, 15) is 19.6 Å². The van der Waals surface area contributed by atoms with Gasteiger partial charge in [-0.3, -0.25) is 14.8 Å². The van der Waals surface area contributed by atoms with Gasteiger partial charge in [0.05, 0.1) is 17.6 Å². The van der Waals surface area contributed by atoms with Crippen molar-refractivity contribution in [2.75, 3.05) is 18.0 Å². The minimum Gasteiger partial charge on any atom is -0.389 e. The number of nitrogens with zero attached hydrogens (tertiary/aromatic N) is 4. The monoisotopic (exact) mass is 306 g/mol. The highest BCUT2D eigenvalue weighted by Crippen LogP contribution is 2.28. The first-order valence-electron chi connectivity index (χ1n) is 6.91. The molecule has 1 N–H and O–H groups in total. The number of anilines is 1. The van der Waals surface area contributed by atoms with Gasteiger partial charge in [0.1, 0.15) is 18.2 Å². The van der Waals surface area contributed by atoms with Crippen molar-refractivity contribution in [1.82, 2.24) is 9.78 Å². The predicted molar refractivity (Wildman–Crippen MR) is 77.2 cm³/mol. The second-order valence-electron chi connectivity index (χ2n) is 5.30. The molecule has 3 rings (SSSR count). The van der Waals surface area contributed by atoms with Crippen molar-refractivity contribution in [3.8, 4) is 0 Å². The van der Waals surface area contributed by atoms with Crippen LogP contribution in [0.2, 0.25) is 0 Å². The summed E-state index contributed by atoms with van der Waals surface area (Å²) in [5.74, 6) is -0.303. The Bertz CT molecular complexity index is 703. The highest BCUT2D eigenvalue weighted by atomic mass is 19.1. The van der Waals surface area contributed by atoms with Gasteiger partial charge in [0.25, 0.3) is 0 Å². The van der Waals surface area contributed by atoms with E-state index in [2.05, 4.69) is 5.10 Å². The Balaban J connectivity index is 1.64. The van der Waals surface area contributed by atoms with Gasteiger partial charge in [-0.2, -0.15) is 5.10 Å². The number of fused-ring (bicyclic) bond motifs is 1. The molecule has 1 atom stereocenters. The molecule has 1 aliphatic rings. The summed E-state index contributed by atoms with van der Waals surface area (Å²) in [6.45, 7) is 1.19. The van der Waals surface area contributed by atoms with Crippen molar-refractivity contribution in [2.45, 2.75) is 19.1 Å². The van der Waals surface area contributed by atoms with Crippen LogP contribution in [-0.2, 0) is 13.0 Å². The van der Waals surface area contributed by atoms with Crippen LogP contribution in [0.5, 0.6) is 0 Å². The van der Waals surface area contributed by atoms with Crippen LogP contribution in [0, 0.1) is 15.9 Å². The van der Waals surface area contributed by atoms with Gasteiger partial charge in [-0.1, -0.05) is 6.07 Å². The van der Waals surface area contributed by atoms with E-state index in [1.807, 2.05) is 4.90 Å². The summed E-state index contributed by atoms with van der Waals surface area (Å²) in [7, 11) is 0. The molecule has 8 heteroatoms. The van der Waals surface area contributed by atoms with Crippen LogP contribution >= 0.6 is 0 Å². The van der Waals surface area contributed by atoms with Crippen LogP contribution in [0.4, 0.5) is 15.8 Å². The van der Waals surface area contributed by atoms with E-state index in [-0.39, 0.29) is 18.0 Å². The van der Waals surface area contributed by atoms with E-state index < -0.39 is 11.0 Å². The fourth-order valence-corrected chi connectivity index (χ4v) is 2.68. The van der Waals surface area contributed by atoms with Crippen molar-refractivity contribution in [1.29, 1.82) is 0 Å². The number of halogens is 1. The first-order valence-corrected chi connectivity index (χ1v) is 6.91. The van der Waals surface area contributed by atoms with Crippen LogP contribution in [0.15, 0.2) is 30.6 Å². The lowest BCUT2D eigenvalue weighted by molar-refractivity contribution is -0.385. The Morgan fingerprint density at radius 2 is 2.27 bits per heavy atom. The maximum absolute atomic E-state index is 13.3. The number of aromatic nitrogens is 2. The van der Waals surface area contributed by atoms with E-state index in [1.165, 1.54) is 23.0 Å². The SMILES string of the molecule is O=[N+]([O-])c1cnn(CC(O)CN2CCc3ccc(F)cc32)c1. The molecule has 116 valence electrons. The van der Waals surface area contributed by atoms with Crippen molar-refractivity contribution < 1.29 is 14.4 Å². The van der Waals surface area contributed by atoms with E-state index in [4.69, 9.17) is 0 Å². The maximum atomic E-state index is 13.3. The summed E-state index contributed by atoms with van der Waals surface area (Å²) < 4.78 is 14.7. The third-order valence-electron chi connectivity index (χ3n) is 3.70. The van der Waals surface area contributed by atoms with Gasteiger partial charge in [-0.15, -0.1) is 0 Å². The number of rotatable bonds is 5. The van der Waals surface area contributed by atoms with Crippen LogP contribution in [0.3, 0.4) is 0 Å². The zero-order valence-corrected chi connectivity index (χ0v) is 11.7. The van der Waals surface area contributed by atoms with Crippen molar-refractivity contribution in [3.63, 3.8) is 0 Å². The zero-order chi connectivity index (χ0) is 15.7. The highest BCUT2D eigenvalue weighted by Gasteiger charge is 2.22. The number of hydrogen-bond donors (Lipinski definition) is 1. The number of nitro groups is 1. The lowest BCUT2D eigenvalue weighted by Gasteiger charge is -2.22. The van der Waals surface area contributed by atoms with E-state index >= 15 is 0 Å². The van der Waals surface area contributed by atoms with E-state index in [0.717, 1.165) is 30.4 Å². The van der Waals surface area contributed by atoms with Gasteiger partial charge in [0, 0.05) is 18.8 Å². The average molecular weight is 306 g/mol. The molecule has 0 saturated carbocycles. The fraction of sp³-hybridized carbons (Fsp3) is 0.357. The quantitative estimate of drug-likeness (QED) is 0.666. The molecule has 1 aromatic heterocycles. The molecule has 0 fully saturated rings. The van der Waals surface area contributed by atoms with Crippen LogP contribution in [0.25, 0.3) is 0 Å². The molecular formula is C14H15FN4O3. The summed E-state index contributed by atoms with van der Waals surface area (Å²) in [6, 6.07) is 4.66. The molecule has 0 radical (unpaired) electrons. The third-order valence-corrected chi connectivity index (χ3v) is 3.70. The molecule has 1 aliphatic heterocycles. The number of aliphatic hydroxyl groups is 1. The summed E-state index contributed by atoms with van der Waals surface area (Å²) in [5.41, 5.74) is 1.75. The molecule has 0 bridgehead atoms. The van der Waals surface area contributed by atoms with Gasteiger partial charge >= 0.3 is 5.69 Å². The second-order valence-corrected chi connectivity index (χ2v) is 5.30. The minimum absolute atomic E-state index is 0.110. The molecule has 1 aromatic carbocycles. The van der Waals surface area contributed by atoms with Gasteiger partial charge in [-0.25, -0.2) is 4.39 Å². The standard InChI is InChI=1S/C14H15FN4O3/c15-11-2-1-10-3-4-17(14(10)5-11)8-13(20)9-18-7-12(6-16-18)19(21)22/h1-2,5-7,13,20H,3-4,8-9H2. The Morgan fingerprint density at radius 1 is 1.45 bits per heavy atom. The number of benzene rings is 1. The van der Waals surface area contributed by atoms with Crippen molar-refractivity contribution >= 4 is 11.4 Å².